The molecule has 63 heavy (non-hydrogen) atoms. The Labute approximate surface area is 364 Å². The number of carbonyl (C=O) groups is 5. The van der Waals surface area contributed by atoms with E-state index in [9.17, 15) is 14.7 Å². The Morgan fingerprint density at radius 2 is 1.40 bits per heavy atom. The van der Waals surface area contributed by atoms with E-state index in [1.165, 1.54) is 19.2 Å². The summed E-state index contributed by atoms with van der Waals surface area (Å²) in [6, 6.07) is 28.6. The van der Waals surface area contributed by atoms with Gasteiger partial charge >= 0.3 is 18.0 Å². The van der Waals surface area contributed by atoms with E-state index in [4.69, 9.17) is 9.47 Å². The summed E-state index contributed by atoms with van der Waals surface area (Å²) in [5.41, 5.74) is 0.571. The molecular formula is C48H47N7O8. The van der Waals surface area contributed by atoms with E-state index in [1.807, 2.05) is 70.5 Å². The number of ether oxygens (including phenoxy) is 2. The highest BCUT2D eigenvalue weighted by atomic mass is 16.6. The molecule has 0 radical (unpaired) electrons. The number of cyclic esters (lactones) is 1. The fourth-order valence-electron chi connectivity index (χ4n) is 10.1. The van der Waals surface area contributed by atoms with Crippen molar-refractivity contribution in [3.05, 3.63) is 150 Å². The maximum absolute atomic E-state index is 16.3. The van der Waals surface area contributed by atoms with Crippen molar-refractivity contribution >= 4 is 41.4 Å². The van der Waals surface area contributed by atoms with Gasteiger partial charge in [0.05, 0.1) is 30.8 Å². The summed E-state index contributed by atoms with van der Waals surface area (Å²) in [6.45, 7) is 4.69. The number of nitrogens with zero attached hydrogens (tertiary/aromatic N) is 6. The molecule has 5 heterocycles. The highest BCUT2D eigenvalue weighted by Crippen LogP contribution is 2.66. The molecule has 15 heteroatoms. The molecule has 0 saturated carbocycles. The number of anilines is 2. The Morgan fingerprint density at radius 3 is 2.03 bits per heavy atom. The number of hydrogen-bond acceptors (Lipinski definition) is 12. The Balaban J connectivity index is 1.28. The SMILES string of the molecule is COC(=O)[C@@H](NC(=O)N1C(=O)[C@@]2(c3ccccc31)[C@H](c1ccc(O)cc1)N1[C@H](c3ccccc3)[C@H](c3ccccc3)OC(=O)[C@H]1[C@@H]2C(=O)N1CCN(c2ncccn2)CC1)C(C)C. The lowest BCUT2D eigenvalue weighted by Crippen LogP contribution is -2.60. The lowest BCUT2D eigenvalue weighted by molar-refractivity contribution is -0.179. The number of hydrogen-bond donors (Lipinski definition) is 2. The van der Waals surface area contributed by atoms with Crippen LogP contribution in [0.15, 0.2) is 128 Å². The van der Waals surface area contributed by atoms with Crippen LogP contribution in [0.25, 0.3) is 0 Å². The zero-order chi connectivity index (χ0) is 44.0. The zero-order valence-electron chi connectivity index (χ0n) is 35.0. The number of aromatic nitrogens is 2. The first-order valence-electron chi connectivity index (χ1n) is 21.1. The molecular weight excluding hydrogens is 803 g/mol. The van der Waals surface area contributed by atoms with Crippen molar-refractivity contribution in [2.24, 2.45) is 11.8 Å². The molecule has 4 amide bonds. The summed E-state index contributed by atoms with van der Waals surface area (Å²) in [7, 11) is 1.22. The highest BCUT2D eigenvalue weighted by molar-refractivity contribution is 6.25. The molecule has 1 aromatic heterocycles. The monoisotopic (exact) mass is 849 g/mol. The molecule has 3 fully saturated rings. The third-order valence-corrected chi connectivity index (χ3v) is 12.9. The minimum atomic E-state index is -1.96. The number of imide groups is 1. The number of rotatable bonds is 8. The van der Waals surface area contributed by atoms with Gasteiger partial charge in [-0.05, 0) is 52.4 Å². The van der Waals surface area contributed by atoms with Gasteiger partial charge in [-0.1, -0.05) is 105 Å². The second-order valence-electron chi connectivity index (χ2n) is 16.6. The van der Waals surface area contributed by atoms with Crippen molar-refractivity contribution in [2.75, 3.05) is 43.1 Å². The van der Waals surface area contributed by atoms with Crippen LogP contribution in [0, 0.1) is 11.8 Å². The summed E-state index contributed by atoms with van der Waals surface area (Å²) in [6.07, 6.45) is 2.41. The molecule has 4 aliphatic rings. The second kappa shape index (κ2) is 16.6. The fraction of sp³-hybridized carbons (Fsp3) is 0.312. The van der Waals surface area contributed by atoms with E-state index in [2.05, 4.69) is 15.3 Å². The third kappa shape index (κ3) is 6.83. The van der Waals surface area contributed by atoms with Gasteiger partial charge in [-0.2, -0.15) is 0 Å². The van der Waals surface area contributed by atoms with E-state index in [0.717, 1.165) is 10.5 Å². The van der Waals surface area contributed by atoms with Gasteiger partial charge in [-0.3, -0.25) is 19.3 Å². The van der Waals surface area contributed by atoms with E-state index >= 15 is 14.4 Å². The van der Waals surface area contributed by atoms with Gasteiger partial charge in [-0.25, -0.2) is 24.5 Å². The number of urea groups is 1. The number of phenols is 1. The number of nitrogens with one attached hydrogen (secondary N) is 1. The van der Waals surface area contributed by atoms with E-state index in [1.54, 1.807) is 73.6 Å². The molecule has 0 unspecified atom stereocenters. The van der Waals surface area contributed by atoms with Crippen LogP contribution in [0.2, 0.25) is 0 Å². The number of piperazine rings is 1. The highest BCUT2D eigenvalue weighted by Gasteiger charge is 2.76. The lowest BCUT2D eigenvalue weighted by Gasteiger charge is -2.46. The summed E-state index contributed by atoms with van der Waals surface area (Å²) in [5, 5.41) is 13.4. The number of esters is 2. The fourth-order valence-corrected chi connectivity index (χ4v) is 10.1. The third-order valence-electron chi connectivity index (χ3n) is 12.9. The van der Waals surface area contributed by atoms with Crippen molar-refractivity contribution in [2.45, 2.75) is 49.5 Å². The first kappa shape index (κ1) is 41.2. The Hall–Kier alpha value is -7.13. The molecule has 0 aliphatic carbocycles. The van der Waals surface area contributed by atoms with Crippen LogP contribution >= 0.6 is 0 Å². The van der Waals surface area contributed by atoms with Crippen LogP contribution in [0.1, 0.15) is 54.3 Å². The normalized spacial score (nSPS) is 24.8. The van der Waals surface area contributed by atoms with E-state index in [0.29, 0.717) is 35.7 Å². The van der Waals surface area contributed by atoms with Crippen molar-refractivity contribution in [3.63, 3.8) is 0 Å². The number of benzene rings is 4. The van der Waals surface area contributed by atoms with Crippen LogP contribution in [0.5, 0.6) is 5.75 Å². The number of phenolic OH excluding ortho intramolecular Hbond substituents is 1. The summed E-state index contributed by atoms with van der Waals surface area (Å²) < 4.78 is 11.6. The van der Waals surface area contributed by atoms with Crippen LogP contribution in [0.3, 0.4) is 0 Å². The molecule has 322 valence electrons. The minimum Gasteiger partial charge on any atom is -0.508 e. The summed E-state index contributed by atoms with van der Waals surface area (Å²) in [5.74, 6) is -4.00. The number of carbonyl (C=O) groups excluding carboxylic acids is 5. The molecule has 9 rings (SSSR count). The average Bonchev–Trinajstić information content (AvgIpc) is 3.77. The molecule has 4 aliphatic heterocycles. The van der Waals surface area contributed by atoms with Crippen LogP contribution in [0.4, 0.5) is 16.4 Å². The molecule has 5 aromatic rings. The number of amides is 4. The van der Waals surface area contributed by atoms with Crippen molar-refractivity contribution in [1.82, 2.24) is 25.1 Å². The van der Waals surface area contributed by atoms with Crippen LogP contribution in [-0.2, 0) is 34.1 Å². The number of aromatic hydroxyl groups is 1. The first-order valence-corrected chi connectivity index (χ1v) is 21.1. The van der Waals surface area contributed by atoms with Gasteiger partial charge in [0.2, 0.25) is 17.8 Å². The van der Waals surface area contributed by atoms with E-state index < -0.39 is 77.3 Å². The largest absolute Gasteiger partial charge is 0.508 e. The summed E-state index contributed by atoms with van der Waals surface area (Å²) >= 11 is 0. The van der Waals surface area contributed by atoms with Gasteiger partial charge in [0.1, 0.15) is 29.4 Å². The van der Waals surface area contributed by atoms with Crippen molar-refractivity contribution < 1.29 is 38.6 Å². The smallest absolute Gasteiger partial charge is 0.329 e. The van der Waals surface area contributed by atoms with Crippen molar-refractivity contribution in [1.29, 1.82) is 0 Å². The summed E-state index contributed by atoms with van der Waals surface area (Å²) in [4.78, 5) is 90.6. The maximum Gasteiger partial charge on any atom is 0.329 e. The standard InChI is InChI=1S/C48H47N7O8/c1-29(2)37(43(58)62-3)51-47(61)54-35-18-11-10-17-34(35)48(45(54)60)36(42(57)52-25-27-53(28-26-52)46-49-23-12-24-50-46)39-44(59)63-40(31-15-8-5-9-16-31)38(30-13-6-4-7-14-30)55(39)41(48)32-19-21-33(56)22-20-32/h4-24,29,36-41,56H,25-28H2,1-3H3,(H,51,61)/t36-,37+,38-,39-,40+,41+,48-/m1/s1. The Kier molecular flexibility index (Phi) is 10.9. The average molecular weight is 850 g/mol. The molecule has 2 N–H and O–H groups in total. The number of methoxy groups -OCH3 is 1. The topological polar surface area (TPSA) is 175 Å². The van der Waals surface area contributed by atoms with Crippen LogP contribution < -0.4 is 15.1 Å². The molecule has 1 spiro atoms. The second-order valence-corrected chi connectivity index (χ2v) is 16.6. The molecule has 7 atom stereocenters. The molecule has 15 nitrogen and oxygen atoms in total. The Morgan fingerprint density at radius 1 is 0.778 bits per heavy atom. The van der Waals surface area contributed by atoms with E-state index in [-0.39, 0.29) is 24.5 Å². The van der Waals surface area contributed by atoms with Gasteiger partial charge < -0.3 is 29.7 Å². The predicted molar refractivity (Wildman–Crippen MR) is 230 cm³/mol. The number of fused-ring (bicyclic) bond motifs is 3. The van der Waals surface area contributed by atoms with Gasteiger partial charge in [0.15, 0.2) is 0 Å². The van der Waals surface area contributed by atoms with Gasteiger partial charge in [0.25, 0.3) is 0 Å². The number of morpholine rings is 1. The van der Waals surface area contributed by atoms with Crippen LogP contribution in [-0.4, -0.2) is 100 Å². The lowest BCUT2D eigenvalue weighted by atomic mass is 9.65. The van der Waals surface area contributed by atoms with Gasteiger partial charge in [-0.15, -0.1) is 0 Å². The minimum absolute atomic E-state index is 0.0308. The molecule has 3 saturated heterocycles. The zero-order valence-corrected chi connectivity index (χ0v) is 35.0. The molecule has 0 bridgehead atoms. The Bertz CT molecular complexity index is 2520. The predicted octanol–water partition coefficient (Wildman–Crippen LogP) is 5.10. The number of para-hydroxylation sites is 1. The molecule has 4 aromatic carbocycles. The first-order chi connectivity index (χ1) is 30.6. The van der Waals surface area contributed by atoms with Crippen molar-refractivity contribution in [3.8, 4) is 5.75 Å². The van der Waals surface area contributed by atoms with Gasteiger partial charge in [0, 0.05) is 38.6 Å². The quantitative estimate of drug-likeness (QED) is 0.198. The maximum atomic E-state index is 16.3.